The molecule has 0 saturated heterocycles. The largest absolute Gasteiger partial charge is 0.505 e. The van der Waals surface area contributed by atoms with Crippen molar-refractivity contribution in [3.8, 4) is 11.5 Å². The standard InChI is InChI=1S/C16H16N2O4S2/c1-9-15(21)13(5-19)11(3-17-9)7-23-24-8-12-4-18-10(2)16(22)14(12)6-20/h3-6,21-22H,7-8H2,1-2H3. The predicted octanol–water partition coefficient (Wildman–Crippen LogP) is 3.21. The SMILES string of the molecule is Cc1ncc(CSSCc2cnc(C)c(O)c2C=O)c(C=O)c1O. The van der Waals surface area contributed by atoms with Gasteiger partial charge in [-0.05, 0) is 25.0 Å². The first-order chi connectivity index (χ1) is 11.5. The molecule has 0 fully saturated rings. The molecule has 2 N–H and O–H groups in total. The lowest BCUT2D eigenvalue weighted by Crippen LogP contribution is -1.97. The van der Waals surface area contributed by atoms with Crippen LogP contribution in [0.4, 0.5) is 0 Å². The van der Waals surface area contributed by atoms with E-state index in [9.17, 15) is 19.8 Å². The van der Waals surface area contributed by atoms with Crippen LogP contribution in [-0.4, -0.2) is 32.8 Å². The van der Waals surface area contributed by atoms with Crippen LogP contribution >= 0.6 is 21.6 Å². The summed E-state index contributed by atoms with van der Waals surface area (Å²) in [4.78, 5) is 30.4. The zero-order valence-electron chi connectivity index (χ0n) is 13.1. The molecule has 2 aromatic heterocycles. The molecule has 6 nitrogen and oxygen atoms in total. The number of rotatable bonds is 7. The first-order valence-electron chi connectivity index (χ1n) is 6.99. The van der Waals surface area contributed by atoms with Crippen molar-refractivity contribution in [2.24, 2.45) is 0 Å². The molecule has 0 aliphatic heterocycles. The number of carbonyl (C=O) groups is 2. The van der Waals surface area contributed by atoms with E-state index in [0.29, 0.717) is 46.6 Å². The Kier molecular flexibility index (Phi) is 6.22. The van der Waals surface area contributed by atoms with E-state index in [1.54, 1.807) is 26.2 Å². The van der Waals surface area contributed by atoms with Crippen molar-refractivity contribution in [3.05, 3.63) is 46.0 Å². The molecule has 2 aromatic rings. The zero-order chi connectivity index (χ0) is 17.7. The Morgan fingerprint density at radius 2 is 1.25 bits per heavy atom. The monoisotopic (exact) mass is 364 g/mol. The summed E-state index contributed by atoms with van der Waals surface area (Å²) in [6, 6.07) is 0. The second kappa shape index (κ2) is 8.16. The van der Waals surface area contributed by atoms with Gasteiger partial charge in [-0.1, -0.05) is 21.6 Å². The number of hydrogen-bond donors (Lipinski definition) is 2. The number of aryl methyl sites for hydroxylation is 2. The normalized spacial score (nSPS) is 10.6. The van der Waals surface area contributed by atoms with E-state index in [1.165, 1.54) is 21.6 Å². The molecular weight excluding hydrogens is 348 g/mol. The minimum atomic E-state index is -0.0935. The van der Waals surface area contributed by atoms with Crippen LogP contribution in [0.1, 0.15) is 43.2 Å². The van der Waals surface area contributed by atoms with Crippen LogP contribution in [0, 0.1) is 13.8 Å². The van der Waals surface area contributed by atoms with Crippen molar-refractivity contribution in [2.75, 3.05) is 0 Å². The Morgan fingerprint density at radius 3 is 1.58 bits per heavy atom. The van der Waals surface area contributed by atoms with Gasteiger partial charge in [0.25, 0.3) is 0 Å². The smallest absolute Gasteiger partial charge is 0.154 e. The Bertz CT molecular complexity index is 716. The molecule has 0 aromatic carbocycles. The lowest BCUT2D eigenvalue weighted by molar-refractivity contribution is 0.111. The van der Waals surface area contributed by atoms with Gasteiger partial charge in [0, 0.05) is 23.9 Å². The summed E-state index contributed by atoms with van der Waals surface area (Å²) in [5, 5.41) is 19.7. The third-order valence-electron chi connectivity index (χ3n) is 3.46. The van der Waals surface area contributed by atoms with E-state index in [1.807, 2.05) is 0 Å². The van der Waals surface area contributed by atoms with E-state index in [-0.39, 0.29) is 22.6 Å². The number of carbonyl (C=O) groups excluding carboxylic acids is 2. The molecule has 8 heteroatoms. The van der Waals surface area contributed by atoms with Gasteiger partial charge in [-0.15, -0.1) is 0 Å². The van der Waals surface area contributed by atoms with E-state index in [4.69, 9.17) is 0 Å². The Morgan fingerprint density at radius 1 is 0.875 bits per heavy atom. The van der Waals surface area contributed by atoms with Crippen molar-refractivity contribution in [3.63, 3.8) is 0 Å². The third kappa shape index (κ3) is 3.88. The van der Waals surface area contributed by atoms with Crippen molar-refractivity contribution < 1.29 is 19.8 Å². The Hall–Kier alpha value is -2.06. The molecule has 0 atom stereocenters. The minimum absolute atomic E-state index is 0.0935. The zero-order valence-corrected chi connectivity index (χ0v) is 14.8. The minimum Gasteiger partial charge on any atom is -0.505 e. The molecule has 0 saturated carbocycles. The van der Waals surface area contributed by atoms with Gasteiger partial charge >= 0.3 is 0 Å². The van der Waals surface area contributed by atoms with Gasteiger partial charge < -0.3 is 10.2 Å². The van der Waals surface area contributed by atoms with Gasteiger partial charge in [-0.3, -0.25) is 19.6 Å². The number of aromatic nitrogens is 2. The van der Waals surface area contributed by atoms with E-state index in [0.717, 1.165) is 0 Å². The molecule has 0 spiro atoms. The van der Waals surface area contributed by atoms with E-state index >= 15 is 0 Å². The van der Waals surface area contributed by atoms with Crippen LogP contribution < -0.4 is 0 Å². The number of pyridine rings is 2. The number of aromatic hydroxyl groups is 2. The van der Waals surface area contributed by atoms with Crippen LogP contribution in [0.15, 0.2) is 12.4 Å². The summed E-state index contributed by atoms with van der Waals surface area (Å²) in [6.07, 6.45) is 4.39. The Labute approximate surface area is 147 Å². The van der Waals surface area contributed by atoms with E-state index in [2.05, 4.69) is 9.97 Å². The number of hydrogen-bond acceptors (Lipinski definition) is 8. The van der Waals surface area contributed by atoms with Crippen LogP contribution in [0.3, 0.4) is 0 Å². The summed E-state index contributed by atoms with van der Waals surface area (Å²) >= 11 is 0. The highest BCUT2D eigenvalue weighted by atomic mass is 33.1. The van der Waals surface area contributed by atoms with Gasteiger partial charge in [0.1, 0.15) is 11.5 Å². The first kappa shape index (κ1) is 18.3. The highest BCUT2D eigenvalue weighted by molar-refractivity contribution is 8.76. The van der Waals surface area contributed by atoms with E-state index < -0.39 is 0 Å². The van der Waals surface area contributed by atoms with Crippen molar-refractivity contribution in [1.82, 2.24) is 9.97 Å². The second-order valence-corrected chi connectivity index (χ2v) is 7.49. The third-order valence-corrected chi connectivity index (χ3v) is 5.70. The number of aldehydes is 2. The molecule has 0 radical (unpaired) electrons. The van der Waals surface area contributed by atoms with Crippen LogP contribution in [0.2, 0.25) is 0 Å². The molecule has 126 valence electrons. The highest BCUT2D eigenvalue weighted by Crippen LogP contribution is 2.34. The molecule has 0 aliphatic rings. The first-order valence-corrected chi connectivity index (χ1v) is 9.48. The van der Waals surface area contributed by atoms with Gasteiger partial charge in [-0.2, -0.15) is 0 Å². The second-order valence-electron chi connectivity index (χ2n) is 5.02. The average Bonchev–Trinajstić information content (AvgIpc) is 2.58. The van der Waals surface area contributed by atoms with Crippen molar-refractivity contribution in [1.29, 1.82) is 0 Å². The molecular formula is C16H16N2O4S2. The fourth-order valence-corrected chi connectivity index (χ4v) is 4.15. The van der Waals surface area contributed by atoms with Crippen molar-refractivity contribution in [2.45, 2.75) is 25.4 Å². The van der Waals surface area contributed by atoms with Gasteiger partial charge in [0.2, 0.25) is 0 Å². The summed E-state index contributed by atoms with van der Waals surface area (Å²) in [5.41, 5.74) is 2.61. The molecule has 2 rings (SSSR count). The van der Waals surface area contributed by atoms with Gasteiger partial charge in [-0.25, -0.2) is 0 Å². The maximum absolute atomic E-state index is 11.1. The number of nitrogens with zero attached hydrogens (tertiary/aromatic N) is 2. The maximum Gasteiger partial charge on any atom is 0.154 e. The average molecular weight is 364 g/mol. The molecule has 0 bridgehead atoms. The predicted molar refractivity (Wildman–Crippen MR) is 94.6 cm³/mol. The fourth-order valence-electron chi connectivity index (χ4n) is 2.01. The highest BCUT2D eigenvalue weighted by Gasteiger charge is 2.13. The summed E-state index contributed by atoms with van der Waals surface area (Å²) in [6.45, 7) is 3.26. The lowest BCUT2D eigenvalue weighted by atomic mass is 10.1. The summed E-state index contributed by atoms with van der Waals surface area (Å²) < 4.78 is 0. The maximum atomic E-state index is 11.1. The lowest BCUT2D eigenvalue weighted by Gasteiger charge is -2.09. The van der Waals surface area contributed by atoms with Gasteiger partial charge in [0.05, 0.1) is 22.5 Å². The molecule has 0 unspecified atom stereocenters. The summed E-state index contributed by atoms with van der Waals surface area (Å²) in [5.74, 6) is 0.760. The van der Waals surface area contributed by atoms with Crippen LogP contribution in [-0.2, 0) is 11.5 Å². The molecule has 0 amide bonds. The quantitative estimate of drug-likeness (QED) is 0.439. The van der Waals surface area contributed by atoms with Gasteiger partial charge in [0.15, 0.2) is 12.6 Å². The van der Waals surface area contributed by atoms with Crippen LogP contribution in [0.5, 0.6) is 11.5 Å². The Balaban J connectivity index is 2.02. The molecule has 0 aliphatic carbocycles. The van der Waals surface area contributed by atoms with Crippen molar-refractivity contribution >= 4 is 34.2 Å². The molecule has 24 heavy (non-hydrogen) atoms. The summed E-state index contributed by atoms with van der Waals surface area (Å²) in [7, 11) is 2.91. The fraction of sp³-hybridized carbons (Fsp3) is 0.250. The topological polar surface area (TPSA) is 100 Å². The molecule has 2 heterocycles. The van der Waals surface area contributed by atoms with Crippen LogP contribution in [0.25, 0.3) is 0 Å².